The van der Waals surface area contributed by atoms with Gasteiger partial charge in [0.2, 0.25) is 0 Å². The molecule has 16 nitrogen and oxygen atoms in total. The molecule has 2 aliphatic heterocycles. The number of hydrogen-bond donors (Lipinski definition) is 6. The van der Waals surface area contributed by atoms with E-state index in [9.17, 15) is 28.8 Å². The first-order valence-corrected chi connectivity index (χ1v) is 18.5. The maximum atomic E-state index is 12.7. The van der Waals surface area contributed by atoms with Gasteiger partial charge in [0.1, 0.15) is 35.8 Å². The Morgan fingerprint density at radius 1 is 0.607 bits per heavy atom. The van der Waals surface area contributed by atoms with Crippen LogP contribution in [-0.2, 0) is 28.5 Å². The summed E-state index contributed by atoms with van der Waals surface area (Å²) in [6.07, 6.45) is -1.40. The number of halogens is 2. The van der Waals surface area contributed by atoms with E-state index in [4.69, 9.17) is 42.1 Å². The predicted molar refractivity (Wildman–Crippen MR) is 207 cm³/mol. The van der Waals surface area contributed by atoms with Crippen LogP contribution in [0.1, 0.15) is 75.4 Å². The molecule has 0 saturated carbocycles. The highest BCUT2D eigenvalue weighted by Gasteiger charge is 2.36. The molecule has 300 valence electrons. The fourth-order valence-corrected chi connectivity index (χ4v) is 6.17. The zero-order chi connectivity index (χ0) is 40.9. The normalized spacial score (nSPS) is 19.8. The van der Waals surface area contributed by atoms with Crippen LogP contribution in [0.25, 0.3) is 21.8 Å². The van der Waals surface area contributed by atoms with Crippen molar-refractivity contribution in [3.8, 4) is 0 Å². The second kappa shape index (κ2) is 17.1. The summed E-state index contributed by atoms with van der Waals surface area (Å²) < 4.78 is 20.5. The van der Waals surface area contributed by atoms with Crippen LogP contribution in [0, 0.1) is 0 Å². The average Bonchev–Trinajstić information content (AvgIpc) is 3.70. The maximum absolute atomic E-state index is 12.7. The summed E-state index contributed by atoms with van der Waals surface area (Å²) in [5, 5.41) is 13.6. The molecule has 0 radical (unpaired) electrons. The van der Waals surface area contributed by atoms with E-state index in [1.807, 2.05) is 0 Å². The third-order valence-corrected chi connectivity index (χ3v) is 8.75. The lowest BCUT2D eigenvalue weighted by Gasteiger charge is -2.32. The van der Waals surface area contributed by atoms with Crippen molar-refractivity contribution in [3.63, 3.8) is 0 Å². The van der Waals surface area contributed by atoms with Gasteiger partial charge in [-0.15, -0.1) is 0 Å². The van der Waals surface area contributed by atoms with E-state index >= 15 is 0 Å². The number of carbonyl (C=O) groups is 6. The Kier molecular flexibility index (Phi) is 12.7. The molecule has 4 aromatic rings. The van der Waals surface area contributed by atoms with E-state index in [1.54, 1.807) is 90.1 Å². The molecule has 6 N–H and O–H groups in total. The van der Waals surface area contributed by atoms with Crippen molar-refractivity contribution in [1.82, 2.24) is 31.2 Å². The molecule has 2 fully saturated rings. The molecule has 0 bridgehead atoms. The zero-order valence-corrected chi connectivity index (χ0v) is 33.1. The first-order valence-electron chi connectivity index (χ1n) is 17.7. The monoisotopic (exact) mass is 814 g/mol. The van der Waals surface area contributed by atoms with Crippen molar-refractivity contribution in [2.45, 2.75) is 89.8 Å². The van der Waals surface area contributed by atoms with Gasteiger partial charge in [-0.05, 0) is 90.1 Å². The molecular formula is C38H44Cl2N6O10. The van der Waals surface area contributed by atoms with Crippen LogP contribution >= 0.6 is 23.2 Å². The summed E-state index contributed by atoms with van der Waals surface area (Å²) in [4.78, 5) is 78.8. The number of esters is 2. The number of benzene rings is 2. The van der Waals surface area contributed by atoms with Crippen molar-refractivity contribution in [2.75, 3.05) is 13.2 Å². The standard InChI is InChI=1S/2C19H22ClN3O5/c2*1-19(2,3)28-18(26)23-15-9-27-16(24)8-13(15)22-17(25)14-7-10-6-11(20)4-5-12(10)21-14/h2*4-7,13,15,21H,8-9H2,1-3H3,(H,22,25)(H,23,26)/t13-,15+;13-,15-/m10/s1. The molecule has 0 spiro atoms. The highest BCUT2D eigenvalue weighted by Crippen LogP contribution is 2.22. The number of aromatic amines is 2. The summed E-state index contributed by atoms with van der Waals surface area (Å²) in [7, 11) is 0. The Balaban J connectivity index is 0.000000214. The van der Waals surface area contributed by atoms with Crippen LogP contribution in [0.15, 0.2) is 48.5 Å². The van der Waals surface area contributed by atoms with Crippen molar-refractivity contribution < 1.29 is 47.7 Å². The molecular weight excluding hydrogens is 771 g/mol. The number of nitrogens with one attached hydrogen (secondary N) is 6. The molecule has 4 amide bonds. The van der Waals surface area contributed by atoms with Crippen molar-refractivity contribution in [2.24, 2.45) is 0 Å². The Bertz CT molecular complexity index is 1990. The molecule has 0 unspecified atom stereocenters. The van der Waals surface area contributed by atoms with Crippen molar-refractivity contribution in [1.29, 1.82) is 0 Å². The summed E-state index contributed by atoms with van der Waals surface area (Å²) in [5.74, 6) is -1.70. The van der Waals surface area contributed by atoms with E-state index in [1.165, 1.54) is 0 Å². The maximum Gasteiger partial charge on any atom is 0.408 e. The van der Waals surface area contributed by atoms with Gasteiger partial charge in [0.15, 0.2) is 0 Å². The summed E-state index contributed by atoms with van der Waals surface area (Å²) in [5.41, 5.74) is 0.848. The van der Waals surface area contributed by atoms with Crippen molar-refractivity contribution in [3.05, 3.63) is 70.0 Å². The predicted octanol–water partition coefficient (Wildman–Crippen LogP) is 5.52. The lowest BCUT2D eigenvalue weighted by Crippen LogP contribution is -2.58. The second-order valence-corrected chi connectivity index (χ2v) is 16.1. The quantitative estimate of drug-likeness (QED) is 0.106. The van der Waals surface area contributed by atoms with Gasteiger partial charge in [0.05, 0.1) is 37.0 Å². The molecule has 6 rings (SSSR count). The largest absolute Gasteiger partial charge is 0.463 e. The van der Waals surface area contributed by atoms with Crippen LogP contribution in [0.2, 0.25) is 10.0 Å². The van der Waals surface area contributed by atoms with Gasteiger partial charge in [-0.25, -0.2) is 9.59 Å². The minimum absolute atomic E-state index is 0.0503. The molecule has 4 heterocycles. The first kappa shape index (κ1) is 41.7. The fourth-order valence-electron chi connectivity index (χ4n) is 5.81. The Morgan fingerprint density at radius 3 is 1.34 bits per heavy atom. The van der Waals surface area contributed by atoms with Crippen LogP contribution in [0.4, 0.5) is 9.59 Å². The topological polar surface area (TPSA) is 219 Å². The number of carbonyl (C=O) groups excluding carboxylic acids is 6. The van der Waals surface area contributed by atoms with Gasteiger partial charge in [-0.1, -0.05) is 23.2 Å². The number of amides is 4. The number of fused-ring (bicyclic) bond motifs is 2. The lowest BCUT2D eigenvalue weighted by atomic mass is 10.0. The van der Waals surface area contributed by atoms with Crippen molar-refractivity contribution >= 4 is 80.9 Å². The highest BCUT2D eigenvalue weighted by atomic mass is 35.5. The third kappa shape index (κ3) is 11.8. The SMILES string of the molecule is CC(C)(C)OC(=O)N[C@H]1COC(=O)C[C@@H]1NC(=O)c1cc2cc(Cl)ccc2[nH]1.CC(C)(C)OC(=O)N[C@H]1COC(=O)C[C@H]1NC(=O)c1cc2cc(Cl)ccc2[nH]1. The zero-order valence-electron chi connectivity index (χ0n) is 31.6. The van der Waals surface area contributed by atoms with Gasteiger partial charge in [0.25, 0.3) is 11.8 Å². The summed E-state index contributed by atoms with van der Waals surface area (Å²) in [6, 6.07) is 11.4. The molecule has 2 aromatic carbocycles. The average molecular weight is 816 g/mol. The second-order valence-electron chi connectivity index (χ2n) is 15.3. The van der Waals surface area contributed by atoms with E-state index in [2.05, 4.69) is 31.2 Å². The number of aromatic nitrogens is 2. The number of cyclic esters (lactones) is 2. The number of rotatable bonds is 6. The van der Waals surface area contributed by atoms with Crippen LogP contribution in [-0.4, -0.2) is 94.5 Å². The van der Waals surface area contributed by atoms with E-state index < -0.39 is 71.3 Å². The third-order valence-electron chi connectivity index (χ3n) is 8.28. The van der Waals surface area contributed by atoms with Gasteiger partial charge in [0, 0.05) is 31.9 Å². The number of ether oxygens (including phenoxy) is 4. The Labute approximate surface area is 332 Å². The number of alkyl carbamates (subject to hydrolysis) is 2. The van der Waals surface area contributed by atoms with Crippen LogP contribution in [0.3, 0.4) is 0 Å². The molecule has 56 heavy (non-hydrogen) atoms. The van der Waals surface area contributed by atoms with Gasteiger partial charge >= 0.3 is 24.1 Å². The first-order chi connectivity index (χ1) is 26.2. The summed E-state index contributed by atoms with van der Waals surface area (Å²) >= 11 is 11.9. The van der Waals surface area contributed by atoms with Crippen LogP contribution < -0.4 is 21.3 Å². The molecule has 4 atom stereocenters. The molecule has 2 saturated heterocycles. The van der Waals surface area contributed by atoms with E-state index in [0.29, 0.717) is 21.4 Å². The Hall–Kier alpha value is -5.48. The highest BCUT2D eigenvalue weighted by molar-refractivity contribution is 6.31. The van der Waals surface area contributed by atoms with Gasteiger partial charge in [-0.3, -0.25) is 19.2 Å². The summed E-state index contributed by atoms with van der Waals surface area (Å²) in [6.45, 7) is 10.4. The lowest BCUT2D eigenvalue weighted by molar-refractivity contribution is -0.150. The van der Waals surface area contributed by atoms with Gasteiger partial charge in [-0.2, -0.15) is 0 Å². The molecule has 2 aliphatic rings. The molecule has 18 heteroatoms. The van der Waals surface area contributed by atoms with E-state index in [-0.39, 0.29) is 26.1 Å². The fraction of sp³-hybridized carbons (Fsp3) is 0.421. The van der Waals surface area contributed by atoms with Gasteiger partial charge < -0.3 is 50.2 Å². The minimum atomic E-state index is -0.667. The van der Waals surface area contributed by atoms with Crippen LogP contribution in [0.5, 0.6) is 0 Å². The van der Waals surface area contributed by atoms with E-state index in [0.717, 1.165) is 21.8 Å². The Morgan fingerprint density at radius 2 is 0.982 bits per heavy atom. The smallest absolute Gasteiger partial charge is 0.408 e. The molecule has 2 aromatic heterocycles. The number of hydrogen-bond acceptors (Lipinski definition) is 10. The number of H-pyrrole nitrogens is 2. The minimum Gasteiger partial charge on any atom is -0.463 e. The molecule has 0 aliphatic carbocycles.